The molecule has 0 saturated heterocycles. The van der Waals surface area contributed by atoms with E-state index in [9.17, 15) is 4.79 Å². The van der Waals surface area contributed by atoms with Crippen molar-refractivity contribution in [3.05, 3.63) is 65.9 Å². The minimum Gasteiger partial charge on any atom is -0.399 e. The molecule has 21 heavy (non-hydrogen) atoms. The number of H-pyrrole nitrogens is 1. The summed E-state index contributed by atoms with van der Waals surface area (Å²) in [6.07, 6.45) is 1.72. The van der Waals surface area contributed by atoms with E-state index in [1.165, 1.54) is 0 Å². The molecule has 1 aromatic heterocycles. The highest BCUT2D eigenvalue weighted by Gasteiger charge is 2.15. The van der Waals surface area contributed by atoms with Crippen LogP contribution in [0.4, 0.5) is 5.69 Å². The van der Waals surface area contributed by atoms with Crippen molar-refractivity contribution in [2.75, 3.05) is 5.73 Å². The first kappa shape index (κ1) is 13.2. The van der Waals surface area contributed by atoms with Gasteiger partial charge in [-0.1, -0.05) is 30.3 Å². The molecule has 4 heteroatoms. The van der Waals surface area contributed by atoms with Crippen LogP contribution in [0.25, 0.3) is 10.9 Å². The summed E-state index contributed by atoms with van der Waals surface area (Å²) in [5.74, 6) is -0.0950. The molecule has 0 aliphatic heterocycles. The van der Waals surface area contributed by atoms with Gasteiger partial charge in [-0.15, -0.1) is 0 Å². The first-order valence-electron chi connectivity index (χ1n) is 6.87. The average molecular weight is 279 g/mol. The van der Waals surface area contributed by atoms with Gasteiger partial charge in [0.1, 0.15) is 0 Å². The van der Waals surface area contributed by atoms with Crippen LogP contribution in [0.15, 0.2) is 54.7 Å². The van der Waals surface area contributed by atoms with Crippen LogP contribution < -0.4 is 11.1 Å². The van der Waals surface area contributed by atoms with Gasteiger partial charge in [-0.3, -0.25) is 4.79 Å². The topological polar surface area (TPSA) is 70.9 Å². The summed E-state index contributed by atoms with van der Waals surface area (Å²) in [7, 11) is 0. The van der Waals surface area contributed by atoms with E-state index in [-0.39, 0.29) is 11.9 Å². The number of hydrogen-bond acceptors (Lipinski definition) is 2. The summed E-state index contributed by atoms with van der Waals surface area (Å²) >= 11 is 0. The summed E-state index contributed by atoms with van der Waals surface area (Å²) in [6, 6.07) is 15.3. The molecule has 1 amide bonds. The summed E-state index contributed by atoms with van der Waals surface area (Å²) in [4.78, 5) is 15.5. The Labute approximate surface area is 123 Å². The maximum absolute atomic E-state index is 12.4. The van der Waals surface area contributed by atoms with Crippen molar-refractivity contribution in [1.82, 2.24) is 10.3 Å². The van der Waals surface area contributed by atoms with Crippen molar-refractivity contribution in [2.24, 2.45) is 0 Å². The van der Waals surface area contributed by atoms with E-state index in [0.717, 1.165) is 16.5 Å². The van der Waals surface area contributed by atoms with Gasteiger partial charge in [0.2, 0.25) is 0 Å². The summed E-state index contributed by atoms with van der Waals surface area (Å²) < 4.78 is 0. The van der Waals surface area contributed by atoms with Gasteiger partial charge in [-0.2, -0.15) is 0 Å². The molecule has 0 radical (unpaired) electrons. The van der Waals surface area contributed by atoms with Gasteiger partial charge in [0.25, 0.3) is 5.91 Å². The molecule has 1 heterocycles. The number of anilines is 1. The quantitative estimate of drug-likeness (QED) is 0.644. The number of rotatable bonds is 3. The second kappa shape index (κ2) is 5.32. The van der Waals surface area contributed by atoms with Crippen LogP contribution in [-0.4, -0.2) is 10.9 Å². The zero-order chi connectivity index (χ0) is 14.8. The molecule has 0 bridgehead atoms. The highest BCUT2D eigenvalue weighted by molar-refractivity contribution is 6.07. The van der Waals surface area contributed by atoms with E-state index in [2.05, 4.69) is 10.3 Å². The van der Waals surface area contributed by atoms with Gasteiger partial charge in [-0.05, 0) is 30.7 Å². The Morgan fingerprint density at radius 2 is 1.95 bits per heavy atom. The highest BCUT2D eigenvalue weighted by Crippen LogP contribution is 2.21. The predicted octanol–water partition coefficient (Wildman–Crippen LogP) is 3.24. The van der Waals surface area contributed by atoms with E-state index in [1.54, 1.807) is 12.3 Å². The van der Waals surface area contributed by atoms with Crippen LogP contribution in [0, 0.1) is 0 Å². The molecular weight excluding hydrogens is 262 g/mol. The Balaban J connectivity index is 1.84. The van der Waals surface area contributed by atoms with Crippen molar-refractivity contribution in [3.8, 4) is 0 Å². The lowest BCUT2D eigenvalue weighted by atomic mass is 10.1. The lowest BCUT2D eigenvalue weighted by molar-refractivity contribution is 0.0941. The fourth-order valence-electron chi connectivity index (χ4n) is 2.43. The molecule has 106 valence electrons. The SMILES string of the molecule is C[C@@H](NC(=O)c1c[nH]c2cc(N)ccc12)c1ccccc1. The van der Waals surface area contributed by atoms with Crippen molar-refractivity contribution < 1.29 is 4.79 Å². The van der Waals surface area contributed by atoms with E-state index in [1.807, 2.05) is 49.4 Å². The third kappa shape index (κ3) is 2.60. The Morgan fingerprint density at radius 3 is 2.71 bits per heavy atom. The summed E-state index contributed by atoms with van der Waals surface area (Å²) in [6.45, 7) is 1.97. The van der Waals surface area contributed by atoms with E-state index in [4.69, 9.17) is 5.73 Å². The number of nitrogens with two attached hydrogens (primary N) is 1. The molecule has 3 aromatic rings. The maximum Gasteiger partial charge on any atom is 0.253 e. The van der Waals surface area contributed by atoms with Crippen LogP contribution in [0.1, 0.15) is 28.9 Å². The molecule has 0 spiro atoms. The zero-order valence-corrected chi connectivity index (χ0v) is 11.8. The van der Waals surface area contributed by atoms with Crippen molar-refractivity contribution in [1.29, 1.82) is 0 Å². The summed E-state index contributed by atoms with van der Waals surface area (Å²) in [5.41, 5.74) is 9.00. The number of nitrogen functional groups attached to an aromatic ring is 1. The van der Waals surface area contributed by atoms with Crippen LogP contribution in [0.2, 0.25) is 0 Å². The smallest absolute Gasteiger partial charge is 0.253 e. The first-order valence-corrected chi connectivity index (χ1v) is 6.87. The van der Waals surface area contributed by atoms with E-state index >= 15 is 0 Å². The van der Waals surface area contributed by atoms with Crippen molar-refractivity contribution in [2.45, 2.75) is 13.0 Å². The number of amides is 1. The summed E-state index contributed by atoms with van der Waals surface area (Å²) in [5, 5.41) is 3.89. The molecule has 4 nitrogen and oxygen atoms in total. The Bertz CT molecular complexity index is 777. The molecule has 0 fully saturated rings. The van der Waals surface area contributed by atoms with Crippen LogP contribution >= 0.6 is 0 Å². The number of aromatic amines is 1. The maximum atomic E-state index is 12.4. The number of nitrogens with one attached hydrogen (secondary N) is 2. The van der Waals surface area contributed by atoms with Gasteiger partial charge in [0, 0.05) is 22.8 Å². The lowest BCUT2D eigenvalue weighted by Gasteiger charge is -2.13. The van der Waals surface area contributed by atoms with Gasteiger partial charge < -0.3 is 16.0 Å². The highest BCUT2D eigenvalue weighted by atomic mass is 16.1. The number of carbonyl (C=O) groups excluding carboxylic acids is 1. The first-order chi connectivity index (χ1) is 10.1. The minimum atomic E-state index is -0.0950. The van der Waals surface area contributed by atoms with Crippen molar-refractivity contribution >= 4 is 22.5 Å². The Morgan fingerprint density at radius 1 is 1.19 bits per heavy atom. The molecule has 2 aromatic carbocycles. The third-order valence-corrected chi connectivity index (χ3v) is 3.60. The van der Waals surface area contributed by atoms with Crippen LogP contribution in [0.3, 0.4) is 0 Å². The van der Waals surface area contributed by atoms with Gasteiger partial charge in [0.15, 0.2) is 0 Å². The van der Waals surface area contributed by atoms with Gasteiger partial charge in [0.05, 0.1) is 11.6 Å². The lowest BCUT2D eigenvalue weighted by Crippen LogP contribution is -2.26. The average Bonchev–Trinajstić information content (AvgIpc) is 2.91. The van der Waals surface area contributed by atoms with Crippen molar-refractivity contribution in [3.63, 3.8) is 0 Å². The molecule has 1 atom stereocenters. The number of carbonyl (C=O) groups is 1. The van der Waals surface area contributed by atoms with E-state index in [0.29, 0.717) is 11.3 Å². The van der Waals surface area contributed by atoms with Crippen LogP contribution in [-0.2, 0) is 0 Å². The number of aromatic nitrogens is 1. The number of hydrogen-bond donors (Lipinski definition) is 3. The van der Waals surface area contributed by atoms with Crippen LogP contribution in [0.5, 0.6) is 0 Å². The standard InChI is InChI=1S/C17H17N3O/c1-11(12-5-3-2-4-6-12)20-17(21)15-10-19-16-9-13(18)7-8-14(15)16/h2-11,19H,18H2,1H3,(H,20,21)/t11-/m1/s1. The molecule has 3 rings (SSSR count). The molecule has 0 aliphatic rings. The molecule has 0 saturated carbocycles. The molecule has 0 aliphatic carbocycles. The third-order valence-electron chi connectivity index (χ3n) is 3.60. The Kier molecular flexibility index (Phi) is 3.36. The van der Waals surface area contributed by atoms with E-state index < -0.39 is 0 Å². The minimum absolute atomic E-state index is 0.0440. The van der Waals surface area contributed by atoms with Gasteiger partial charge in [-0.25, -0.2) is 0 Å². The Hall–Kier alpha value is -2.75. The number of benzene rings is 2. The second-order valence-corrected chi connectivity index (χ2v) is 5.11. The fraction of sp³-hybridized carbons (Fsp3) is 0.118. The van der Waals surface area contributed by atoms with Gasteiger partial charge >= 0.3 is 0 Å². The number of fused-ring (bicyclic) bond motifs is 1. The predicted molar refractivity (Wildman–Crippen MR) is 85.0 cm³/mol. The molecule has 4 N–H and O–H groups in total. The zero-order valence-electron chi connectivity index (χ0n) is 11.8. The second-order valence-electron chi connectivity index (χ2n) is 5.11. The molecule has 0 unspecified atom stereocenters. The molecular formula is C17H17N3O. The fourth-order valence-corrected chi connectivity index (χ4v) is 2.43. The normalized spacial score (nSPS) is 12.2. The largest absolute Gasteiger partial charge is 0.399 e. The monoisotopic (exact) mass is 279 g/mol.